The van der Waals surface area contributed by atoms with E-state index >= 15 is 0 Å². The van der Waals surface area contributed by atoms with Crippen LogP contribution in [0.3, 0.4) is 0 Å². The van der Waals surface area contributed by atoms with Crippen LogP contribution in [-0.4, -0.2) is 41.6 Å². The van der Waals surface area contributed by atoms with E-state index in [1.54, 1.807) is 23.1 Å². The molecule has 0 atom stereocenters. The van der Waals surface area contributed by atoms with Crippen LogP contribution >= 0.6 is 11.3 Å². The molecule has 2 aliphatic heterocycles. The summed E-state index contributed by atoms with van der Waals surface area (Å²) < 4.78 is 10.5. The van der Waals surface area contributed by atoms with Crippen molar-refractivity contribution in [3.05, 3.63) is 34.3 Å². The van der Waals surface area contributed by atoms with E-state index in [2.05, 4.69) is 10.3 Å². The highest BCUT2D eigenvalue weighted by Crippen LogP contribution is 2.33. The van der Waals surface area contributed by atoms with E-state index in [1.165, 1.54) is 11.3 Å². The minimum Gasteiger partial charge on any atom is -0.454 e. The molecule has 0 aliphatic carbocycles. The molecule has 1 saturated heterocycles. The van der Waals surface area contributed by atoms with Gasteiger partial charge in [0.25, 0.3) is 5.91 Å². The maximum atomic E-state index is 12.5. The Balaban J connectivity index is 1.35. The number of anilines is 1. The first kappa shape index (κ1) is 15.9. The van der Waals surface area contributed by atoms with Gasteiger partial charge in [-0.3, -0.25) is 9.59 Å². The number of fused-ring (bicyclic) bond motifs is 1. The number of aryl methyl sites for hydroxylation is 2. The highest BCUT2D eigenvalue weighted by atomic mass is 32.1. The molecular weight excluding hydrogens is 342 g/mol. The Morgan fingerprint density at radius 2 is 2.00 bits per heavy atom. The second kappa shape index (κ2) is 6.03. The lowest BCUT2D eigenvalue weighted by molar-refractivity contribution is -0.123. The van der Waals surface area contributed by atoms with Crippen LogP contribution in [0.2, 0.25) is 0 Å². The van der Waals surface area contributed by atoms with E-state index < -0.39 is 0 Å². The van der Waals surface area contributed by atoms with Gasteiger partial charge in [-0.2, -0.15) is 0 Å². The fourth-order valence-corrected chi connectivity index (χ4v) is 3.57. The maximum Gasteiger partial charge on any atom is 0.254 e. The zero-order valence-corrected chi connectivity index (χ0v) is 14.7. The second-order valence-corrected chi connectivity index (χ2v) is 7.33. The molecule has 1 fully saturated rings. The van der Waals surface area contributed by atoms with E-state index in [9.17, 15) is 9.59 Å². The Hall–Kier alpha value is -2.61. The molecule has 0 saturated carbocycles. The molecule has 1 aromatic heterocycles. The molecule has 3 heterocycles. The third-order valence-corrected chi connectivity index (χ3v) is 5.41. The summed E-state index contributed by atoms with van der Waals surface area (Å²) in [7, 11) is 0. The molecule has 2 aliphatic rings. The number of aromatic nitrogens is 1. The first-order valence-electron chi connectivity index (χ1n) is 7.95. The first-order valence-corrected chi connectivity index (χ1v) is 8.77. The SMILES string of the molecule is Cc1nc(NC(=O)C2CN(C(=O)c3ccc4c(c3)OCO4)C2)sc1C. The van der Waals surface area contributed by atoms with Crippen LogP contribution in [0.25, 0.3) is 0 Å². The molecule has 1 aromatic carbocycles. The number of nitrogens with zero attached hydrogens (tertiary/aromatic N) is 2. The lowest BCUT2D eigenvalue weighted by atomic mass is 9.98. The fourth-order valence-electron chi connectivity index (χ4n) is 2.76. The summed E-state index contributed by atoms with van der Waals surface area (Å²) >= 11 is 1.46. The van der Waals surface area contributed by atoms with E-state index in [0.717, 1.165) is 10.6 Å². The number of hydrogen-bond donors (Lipinski definition) is 1. The molecule has 25 heavy (non-hydrogen) atoms. The molecule has 0 spiro atoms. The predicted molar refractivity (Wildman–Crippen MR) is 92.2 cm³/mol. The van der Waals surface area contributed by atoms with E-state index in [4.69, 9.17) is 9.47 Å². The maximum absolute atomic E-state index is 12.5. The fraction of sp³-hybridized carbons (Fsp3) is 0.353. The van der Waals surface area contributed by atoms with Crippen molar-refractivity contribution in [1.82, 2.24) is 9.88 Å². The number of nitrogens with one attached hydrogen (secondary N) is 1. The van der Waals surface area contributed by atoms with Gasteiger partial charge in [0.2, 0.25) is 12.7 Å². The molecule has 0 radical (unpaired) electrons. The second-order valence-electron chi connectivity index (χ2n) is 6.12. The minimum absolute atomic E-state index is 0.0940. The molecule has 8 heteroatoms. The summed E-state index contributed by atoms with van der Waals surface area (Å²) in [5.41, 5.74) is 1.46. The summed E-state index contributed by atoms with van der Waals surface area (Å²) in [6, 6.07) is 5.12. The number of amides is 2. The number of ether oxygens (including phenoxy) is 2. The van der Waals surface area contributed by atoms with E-state index in [-0.39, 0.29) is 24.5 Å². The van der Waals surface area contributed by atoms with Crippen molar-refractivity contribution in [3.63, 3.8) is 0 Å². The number of hydrogen-bond acceptors (Lipinski definition) is 6. The van der Waals surface area contributed by atoms with Crippen LogP contribution in [0.5, 0.6) is 11.5 Å². The van der Waals surface area contributed by atoms with Gasteiger partial charge in [0.05, 0.1) is 11.6 Å². The first-order chi connectivity index (χ1) is 12.0. The van der Waals surface area contributed by atoms with Gasteiger partial charge in [-0.15, -0.1) is 11.3 Å². The van der Waals surface area contributed by atoms with Gasteiger partial charge in [-0.05, 0) is 32.0 Å². The molecule has 0 unspecified atom stereocenters. The van der Waals surface area contributed by atoms with Crippen LogP contribution in [0, 0.1) is 19.8 Å². The monoisotopic (exact) mass is 359 g/mol. The Labute approximate surface area is 148 Å². The number of thiazole rings is 1. The average molecular weight is 359 g/mol. The van der Waals surface area contributed by atoms with E-state index in [1.807, 2.05) is 13.8 Å². The molecular formula is C17H17N3O4S. The summed E-state index contributed by atoms with van der Waals surface area (Å²) in [6.45, 7) is 4.87. The van der Waals surface area contributed by atoms with Gasteiger partial charge in [0.15, 0.2) is 16.6 Å². The Bertz CT molecular complexity index is 838. The number of carbonyl (C=O) groups excluding carboxylic acids is 2. The van der Waals surface area contributed by atoms with E-state index in [0.29, 0.717) is 35.3 Å². The quantitative estimate of drug-likeness (QED) is 0.909. The smallest absolute Gasteiger partial charge is 0.254 e. The Morgan fingerprint density at radius 3 is 2.72 bits per heavy atom. The lowest BCUT2D eigenvalue weighted by Crippen LogP contribution is -2.54. The van der Waals surface area contributed by atoms with Gasteiger partial charge in [-0.25, -0.2) is 4.98 Å². The summed E-state index contributed by atoms with van der Waals surface area (Å²) in [5.74, 6) is 0.816. The zero-order chi connectivity index (χ0) is 17.6. The van der Waals surface area contributed by atoms with Crippen molar-refractivity contribution in [2.45, 2.75) is 13.8 Å². The standard InChI is InChI=1S/C17H17N3O4S/c1-9-10(2)25-17(18-9)19-15(21)12-6-20(7-12)16(22)11-3-4-13-14(5-11)24-8-23-13/h3-5,12H,6-8H2,1-2H3,(H,18,19,21). The van der Waals surface area contributed by atoms with Gasteiger partial charge in [-0.1, -0.05) is 0 Å². The van der Waals surface area contributed by atoms with Crippen LogP contribution in [0.1, 0.15) is 20.9 Å². The van der Waals surface area contributed by atoms with Crippen LogP contribution in [0.4, 0.5) is 5.13 Å². The number of carbonyl (C=O) groups is 2. The van der Waals surface area contributed by atoms with Crippen molar-refractivity contribution in [3.8, 4) is 11.5 Å². The highest BCUT2D eigenvalue weighted by molar-refractivity contribution is 7.15. The topological polar surface area (TPSA) is 80.8 Å². The molecule has 4 rings (SSSR count). The average Bonchev–Trinajstić information content (AvgIpc) is 3.11. The summed E-state index contributed by atoms with van der Waals surface area (Å²) in [6.07, 6.45) is 0. The van der Waals surface area contributed by atoms with Gasteiger partial charge < -0.3 is 19.7 Å². The largest absolute Gasteiger partial charge is 0.454 e. The Morgan fingerprint density at radius 1 is 1.24 bits per heavy atom. The third kappa shape index (κ3) is 2.93. The third-order valence-electron chi connectivity index (χ3n) is 4.42. The zero-order valence-electron chi connectivity index (χ0n) is 13.9. The molecule has 1 N–H and O–H groups in total. The van der Waals surface area contributed by atoms with Crippen molar-refractivity contribution in [2.75, 3.05) is 25.2 Å². The van der Waals surface area contributed by atoms with Crippen LogP contribution < -0.4 is 14.8 Å². The van der Waals surface area contributed by atoms with Crippen LogP contribution in [-0.2, 0) is 4.79 Å². The molecule has 130 valence electrons. The molecule has 2 aromatic rings. The normalized spacial score (nSPS) is 15.8. The highest BCUT2D eigenvalue weighted by Gasteiger charge is 2.36. The minimum atomic E-state index is -0.206. The van der Waals surface area contributed by atoms with Gasteiger partial charge in [0, 0.05) is 23.5 Å². The van der Waals surface area contributed by atoms with Crippen LogP contribution in [0.15, 0.2) is 18.2 Å². The van der Waals surface area contributed by atoms with Crippen molar-refractivity contribution in [1.29, 1.82) is 0 Å². The predicted octanol–water partition coefficient (Wildman–Crippen LogP) is 2.20. The number of rotatable bonds is 3. The lowest BCUT2D eigenvalue weighted by Gasteiger charge is -2.38. The molecule has 0 bridgehead atoms. The van der Waals surface area contributed by atoms with Gasteiger partial charge >= 0.3 is 0 Å². The number of likely N-dealkylation sites (tertiary alicyclic amines) is 1. The number of benzene rings is 1. The summed E-state index contributed by atoms with van der Waals surface area (Å²) in [5, 5.41) is 3.44. The Kier molecular flexibility index (Phi) is 3.84. The summed E-state index contributed by atoms with van der Waals surface area (Å²) in [4.78, 5) is 31.8. The molecule has 2 amide bonds. The van der Waals surface area contributed by atoms with Crippen molar-refractivity contribution in [2.24, 2.45) is 5.92 Å². The van der Waals surface area contributed by atoms with Crippen molar-refractivity contribution >= 4 is 28.3 Å². The van der Waals surface area contributed by atoms with Gasteiger partial charge in [0.1, 0.15) is 0 Å². The molecule has 7 nitrogen and oxygen atoms in total. The van der Waals surface area contributed by atoms with Crippen molar-refractivity contribution < 1.29 is 19.1 Å².